The van der Waals surface area contributed by atoms with E-state index in [0.29, 0.717) is 23.5 Å². The number of thiazole rings is 1. The number of aromatic nitrogens is 1. The van der Waals surface area contributed by atoms with Gasteiger partial charge in [-0.1, -0.05) is 20.8 Å². The normalized spacial score (nSPS) is 22.2. The average molecular weight is 297 g/mol. The standard InChI is InChI=1S/C14H23N3O2S/c1-4-11-8-20-14(16-11)17-13(18)15-7-10-5-6-19-12(10)9(2)3/h8-10,12H,4-7H2,1-3H3,(H2,15,16,17,18)/t10-,12+/m0/s1. The Hall–Kier alpha value is -1.14. The zero-order chi connectivity index (χ0) is 14.5. The third-order valence-electron chi connectivity index (χ3n) is 3.58. The van der Waals surface area contributed by atoms with E-state index in [-0.39, 0.29) is 12.1 Å². The Balaban J connectivity index is 1.77. The van der Waals surface area contributed by atoms with Crippen molar-refractivity contribution in [2.45, 2.75) is 39.7 Å². The number of ether oxygens (including phenoxy) is 1. The van der Waals surface area contributed by atoms with Crippen LogP contribution in [0.2, 0.25) is 0 Å². The molecule has 6 heteroatoms. The minimum atomic E-state index is -0.184. The van der Waals surface area contributed by atoms with Gasteiger partial charge in [0, 0.05) is 24.4 Å². The number of hydrogen-bond acceptors (Lipinski definition) is 4. The topological polar surface area (TPSA) is 63.2 Å². The Morgan fingerprint density at radius 3 is 3.05 bits per heavy atom. The van der Waals surface area contributed by atoms with E-state index >= 15 is 0 Å². The lowest BCUT2D eigenvalue weighted by Gasteiger charge is -2.22. The van der Waals surface area contributed by atoms with Gasteiger partial charge in [0.1, 0.15) is 0 Å². The molecule has 20 heavy (non-hydrogen) atoms. The molecular formula is C14H23N3O2S. The van der Waals surface area contributed by atoms with Crippen LogP contribution >= 0.6 is 11.3 Å². The van der Waals surface area contributed by atoms with Crippen LogP contribution < -0.4 is 10.6 Å². The van der Waals surface area contributed by atoms with Crippen LogP contribution in [0.4, 0.5) is 9.93 Å². The van der Waals surface area contributed by atoms with Gasteiger partial charge in [-0.25, -0.2) is 9.78 Å². The van der Waals surface area contributed by atoms with Gasteiger partial charge < -0.3 is 10.1 Å². The van der Waals surface area contributed by atoms with Crippen molar-refractivity contribution in [1.29, 1.82) is 0 Å². The molecule has 0 radical (unpaired) electrons. The summed E-state index contributed by atoms with van der Waals surface area (Å²) in [5.41, 5.74) is 1.01. The Morgan fingerprint density at radius 2 is 2.40 bits per heavy atom. The van der Waals surface area contributed by atoms with Gasteiger partial charge in [-0.15, -0.1) is 11.3 Å². The number of anilines is 1. The Labute approximate surface area is 124 Å². The molecule has 1 aromatic rings. The minimum absolute atomic E-state index is 0.184. The molecule has 0 unspecified atom stereocenters. The second kappa shape index (κ2) is 7.04. The van der Waals surface area contributed by atoms with Gasteiger partial charge in [0.05, 0.1) is 11.8 Å². The number of nitrogens with zero attached hydrogens (tertiary/aromatic N) is 1. The predicted octanol–water partition coefficient (Wildman–Crippen LogP) is 2.89. The zero-order valence-corrected chi connectivity index (χ0v) is 13.1. The number of hydrogen-bond donors (Lipinski definition) is 2. The smallest absolute Gasteiger partial charge is 0.321 e. The van der Waals surface area contributed by atoms with Crippen LogP contribution in [0.3, 0.4) is 0 Å². The average Bonchev–Trinajstić information content (AvgIpc) is 3.04. The summed E-state index contributed by atoms with van der Waals surface area (Å²) in [6, 6.07) is -0.184. The van der Waals surface area contributed by atoms with Crippen LogP contribution in [0.25, 0.3) is 0 Å². The maximum Gasteiger partial charge on any atom is 0.321 e. The summed E-state index contributed by atoms with van der Waals surface area (Å²) in [6.07, 6.45) is 2.15. The fourth-order valence-corrected chi connectivity index (χ4v) is 3.29. The van der Waals surface area contributed by atoms with E-state index in [1.54, 1.807) is 0 Å². The second-order valence-corrected chi connectivity index (χ2v) is 6.32. The molecule has 0 saturated carbocycles. The molecule has 0 spiro atoms. The molecule has 2 heterocycles. The molecule has 1 fully saturated rings. The summed E-state index contributed by atoms with van der Waals surface area (Å²) < 4.78 is 5.71. The van der Waals surface area contributed by atoms with Crippen molar-refractivity contribution in [2.24, 2.45) is 11.8 Å². The fraction of sp³-hybridized carbons (Fsp3) is 0.714. The molecule has 2 atom stereocenters. The minimum Gasteiger partial charge on any atom is -0.378 e. The van der Waals surface area contributed by atoms with Crippen molar-refractivity contribution in [3.05, 3.63) is 11.1 Å². The Kier molecular flexibility index (Phi) is 5.37. The highest BCUT2D eigenvalue weighted by molar-refractivity contribution is 7.13. The summed E-state index contributed by atoms with van der Waals surface area (Å²) in [7, 11) is 0. The largest absolute Gasteiger partial charge is 0.378 e. The first kappa shape index (κ1) is 15.3. The van der Waals surface area contributed by atoms with E-state index in [4.69, 9.17) is 4.74 Å². The van der Waals surface area contributed by atoms with Crippen LogP contribution in [0.5, 0.6) is 0 Å². The maximum atomic E-state index is 11.8. The van der Waals surface area contributed by atoms with E-state index in [2.05, 4.69) is 29.5 Å². The Bertz CT molecular complexity index is 447. The second-order valence-electron chi connectivity index (χ2n) is 5.46. The third kappa shape index (κ3) is 3.93. The summed E-state index contributed by atoms with van der Waals surface area (Å²) in [5, 5.41) is 8.33. The fourth-order valence-electron chi connectivity index (χ4n) is 2.50. The van der Waals surface area contributed by atoms with Gasteiger partial charge in [-0.05, 0) is 18.8 Å². The third-order valence-corrected chi connectivity index (χ3v) is 4.39. The highest BCUT2D eigenvalue weighted by atomic mass is 32.1. The lowest BCUT2D eigenvalue weighted by Crippen LogP contribution is -2.37. The van der Waals surface area contributed by atoms with Crippen molar-refractivity contribution in [1.82, 2.24) is 10.3 Å². The van der Waals surface area contributed by atoms with Crippen LogP contribution in [0, 0.1) is 11.8 Å². The van der Waals surface area contributed by atoms with Gasteiger partial charge in [0.2, 0.25) is 0 Å². The number of carbonyl (C=O) groups is 1. The molecule has 5 nitrogen and oxygen atoms in total. The molecule has 0 aromatic carbocycles. The van der Waals surface area contributed by atoms with Gasteiger partial charge in [-0.2, -0.15) is 0 Å². The summed E-state index contributed by atoms with van der Waals surface area (Å²) in [6.45, 7) is 7.81. The van der Waals surface area contributed by atoms with Crippen molar-refractivity contribution in [2.75, 3.05) is 18.5 Å². The molecule has 112 valence electrons. The van der Waals surface area contributed by atoms with Crippen molar-refractivity contribution < 1.29 is 9.53 Å². The molecule has 2 rings (SSSR count). The molecule has 0 aliphatic carbocycles. The summed E-state index contributed by atoms with van der Waals surface area (Å²) in [4.78, 5) is 16.2. The van der Waals surface area contributed by atoms with E-state index in [1.807, 2.05) is 12.3 Å². The first-order valence-corrected chi connectivity index (χ1v) is 8.09. The summed E-state index contributed by atoms with van der Waals surface area (Å²) >= 11 is 1.46. The van der Waals surface area contributed by atoms with Gasteiger partial charge >= 0.3 is 6.03 Å². The Morgan fingerprint density at radius 1 is 1.60 bits per heavy atom. The van der Waals surface area contributed by atoms with E-state index in [1.165, 1.54) is 11.3 Å². The van der Waals surface area contributed by atoms with Crippen LogP contribution in [0.15, 0.2) is 5.38 Å². The molecular weight excluding hydrogens is 274 g/mol. The molecule has 1 saturated heterocycles. The highest BCUT2D eigenvalue weighted by Crippen LogP contribution is 2.26. The number of urea groups is 1. The molecule has 1 aliphatic rings. The highest BCUT2D eigenvalue weighted by Gasteiger charge is 2.30. The van der Waals surface area contributed by atoms with Crippen molar-refractivity contribution in [3.63, 3.8) is 0 Å². The number of carbonyl (C=O) groups excluding carboxylic acids is 1. The van der Waals surface area contributed by atoms with Crippen LogP contribution in [0.1, 0.15) is 32.9 Å². The maximum absolute atomic E-state index is 11.8. The SMILES string of the molecule is CCc1csc(NC(=O)NC[C@@H]2CCO[C@@H]2C(C)C)n1. The molecule has 1 aromatic heterocycles. The lowest BCUT2D eigenvalue weighted by molar-refractivity contribution is 0.0546. The zero-order valence-electron chi connectivity index (χ0n) is 12.3. The van der Waals surface area contributed by atoms with E-state index < -0.39 is 0 Å². The molecule has 2 amide bonds. The number of aryl methyl sites for hydroxylation is 1. The predicted molar refractivity (Wildman–Crippen MR) is 81.2 cm³/mol. The number of amides is 2. The van der Waals surface area contributed by atoms with Crippen LogP contribution in [-0.4, -0.2) is 30.3 Å². The van der Waals surface area contributed by atoms with Gasteiger partial charge in [-0.3, -0.25) is 5.32 Å². The molecule has 1 aliphatic heterocycles. The molecule has 0 bridgehead atoms. The van der Waals surface area contributed by atoms with Crippen LogP contribution in [-0.2, 0) is 11.2 Å². The van der Waals surface area contributed by atoms with Crippen molar-refractivity contribution in [3.8, 4) is 0 Å². The van der Waals surface area contributed by atoms with Crippen molar-refractivity contribution >= 4 is 22.5 Å². The monoisotopic (exact) mass is 297 g/mol. The number of rotatable bonds is 5. The quantitative estimate of drug-likeness (QED) is 0.878. The first-order chi connectivity index (χ1) is 9.60. The van der Waals surface area contributed by atoms with E-state index in [0.717, 1.165) is 25.1 Å². The summed E-state index contributed by atoms with van der Waals surface area (Å²) in [5.74, 6) is 0.890. The van der Waals surface area contributed by atoms with Gasteiger partial charge in [0.15, 0.2) is 5.13 Å². The van der Waals surface area contributed by atoms with Gasteiger partial charge in [0.25, 0.3) is 0 Å². The first-order valence-electron chi connectivity index (χ1n) is 7.21. The van der Waals surface area contributed by atoms with E-state index in [9.17, 15) is 4.79 Å². The molecule has 2 N–H and O–H groups in total. The lowest BCUT2D eigenvalue weighted by atomic mass is 9.93. The number of nitrogens with one attached hydrogen (secondary N) is 2.